The number of nitrogens with zero attached hydrogens (tertiary/aromatic N) is 2. The monoisotopic (exact) mass is 299 g/mol. The van der Waals surface area contributed by atoms with Gasteiger partial charge >= 0.3 is 0 Å². The van der Waals surface area contributed by atoms with Gasteiger partial charge in [0, 0.05) is 12.0 Å². The maximum Gasteiger partial charge on any atom is 0.258 e. The lowest BCUT2D eigenvalue weighted by atomic mass is 10.1. The highest BCUT2D eigenvalue weighted by Crippen LogP contribution is 2.32. The quantitative estimate of drug-likeness (QED) is 0.859. The molecule has 0 unspecified atom stereocenters. The average molecular weight is 300 g/mol. The van der Waals surface area contributed by atoms with Crippen LogP contribution in [0.15, 0.2) is 16.7 Å². The third-order valence-electron chi connectivity index (χ3n) is 2.74. The molecule has 0 saturated carbocycles. The molecule has 0 aliphatic carbocycles. The van der Waals surface area contributed by atoms with E-state index >= 15 is 0 Å². The molecule has 102 valence electrons. The SMILES string of the molecule is CC(C)CCc1noc(-c2cc(Cl)c(N)c(Cl)c2)n1. The Morgan fingerprint density at radius 3 is 2.47 bits per heavy atom. The van der Waals surface area contributed by atoms with E-state index in [9.17, 15) is 0 Å². The number of aromatic nitrogens is 2. The molecule has 0 fully saturated rings. The van der Waals surface area contributed by atoms with Crippen molar-refractivity contribution in [1.29, 1.82) is 0 Å². The third kappa shape index (κ3) is 3.39. The van der Waals surface area contributed by atoms with Crippen molar-refractivity contribution in [3.63, 3.8) is 0 Å². The van der Waals surface area contributed by atoms with E-state index in [-0.39, 0.29) is 0 Å². The summed E-state index contributed by atoms with van der Waals surface area (Å²) in [4.78, 5) is 4.33. The largest absolute Gasteiger partial charge is 0.396 e. The molecule has 0 spiro atoms. The maximum absolute atomic E-state index is 5.98. The summed E-state index contributed by atoms with van der Waals surface area (Å²) in [6.07, 6.45) is 1.81. The number of rotatable bonds is 4. The topological polar surface area (TPSA) is 64.9 Å². The molecule has 0 aliphatic rings. The van der Waals surface area contributed by atoms with Crippen LogP contribution in [0.1, 0.15) is 26.1 Å². The fraction of sp³-hybridized carbons (Fsp3) is 0.385. The first-order valence-electron chi connectivity index (χ1n) is 6.05. The molecule has 2 aromatic rings. The van der Waals surface area contributed by atoms with Gasteiger partial charge in [0.2, 0.25) is 0 Å². The molecule has 0 bridgehead atoms. The highest BCUT2D eigenvalue weighted by molar-refractivity contribution is 6.39. The van der Waals surface area contributed by atoms with Gasteiger partial charge in [-0.2, -0.15) is 4.98 Å². The summed E-state index contributed by atoms with van der Waals surface area (Å²) in [6, 6.07) is 3.34. The van der Waals surface area contributed by atoms with E-state index in [1.807, 2.05) is 0 Å². The van der Waals surface area contributed by atoms with Gasteiger partial charge in [-0.15, -0.1) is 0 Å². The van der Waals surface area contributed by atoms with Crippen molar-refractivity contribution in [2.24, 2.45) is 5.92 Å². The zero-order chi connectivity index (χ0) is 14.0. The van der Waals surface area contributed by atoms with Crippen LogP contribution in [0.3, 0.4) is 0 Å². The van der Waals surface area contributed by atoms with E-state index in [2.05, 4.69) is 24.0 Å². The van der Waals surface area contributed by atoms with Crippen molar-refractivity contribution in [3.8, 4) is 11.5 Å². The van der Waals surface area contributed by atoms with E-state index in [1.165, 1.54) is 0 Å². The number of nitrogens with two attached hydrogens (primary N) is 1. The Morgan fingerprint density at radius 2 is 1.89 bits per heavy atom. The summed E-state index contributed by atoms with van der Waals surface area (Å²) in [5.41, 5.74) is 6.71. The molecular weight excluding hydrogens is 285 g/mol. The minimum atomic E-state index is 0.353. The maximum atomic E-state index is 5.98. The Kier molecular flexibility index (Phi) is 4.32. The van der Waals surface area contributed by atoms with Crippen LogP contribution in [0.4, 0.5) is 5.69 Å². The number of nitrogen functional groups attached to an aromatic ring is 1. The summed E-state index contributed by atoms with van der Waals surface area (Å²) in [7, 11) is 0. The van der Waals surface area contributed by atoms with E-state index < -0.39 is 0 Å². The normalized spacial score (nSPS) is 11.2. The highest BCUT2D eigenvalue weighted by Gasteiger charge is 2.13. The molecule has 1 aromatic heterocycles. The predicted octanol–water partition coefficient (Wildman–Crippen LogP) is 4.21. The average Bonchev–Trinajstić information content (AvgIpc) is 2.81. The van der Waals surface area contributed by atoms with Crippen molar-refractivity contribution in [2.45, 2.75) is 26.7 Å². The minimum absolute atomic E-state index is 0.353. The Morgan fingerprint density at radius 1 is 1.26 bits per heavy atom. The van der Waals surface area contributed by atoms with E-state index in [4.69, 9.17) is 33.5 Å². The number of benzene rings is 1. The molecule has 1 aromatic carbocycles. The Hall–Kier alpha value is -1.26. The summed E-state index contributed by atoms with van der Waals surface area (Å²) in [5.74, 6) is 1.69. The fourth-order valence-electron chi connectivity index (χ4n) is 1.60. The standard InChI is InChI=1S/C13H15Cl2N3O/c1-7(2)3-4-11-17-13(19-18-11)8-5-9(14)12(16)10(15)6-8/h5-7H,3-4,16H2,1-2H3. The second kappa shape index (κ2) is 5.80. The number of aryl methyl sites for hydroxylation is 1. The van der Waals surface area contributed by atoms with Crippen molar-refractivity contribution < 1.29 is 4.52 Å². The van der Waals surface area contributed by atoms with E-state index in [1.54, 1.807) is 12.1 Å². The zero-order valence-electron chi connectivity index (χ0n) is 10.8. The lowest BCUT2D eigenvalue weighted by molar-refractivity contribution is 0.419. The van der Waals surface area contributed by atoms with E-state index in [0.29, 0.717) is 38.9 Å². The molecule has 2 rings (SSSR count). The minimum Gasteiger partial charge on any atom is -0.396 e. The second-order valence-electron chi connectivity index (χ2n) is 4.80. The first-order valence-corrected chi connectivity index (χ1v) is 6.80. The van der Waals surface area contributed by atoms with Crippen molar-refractivity contribution >= 4 is 28.9 Å². The van der Waals surface area contributed by atoms with Gasteiger partial charge in [-0.25, -0.2) is 0 Å². The number of hydrogen-bond donors (Lipinski definition) is 1. The van der Waals surface area contributed by atoms with Gasteiger partial charge in [0.15, 0.2) is 5.82 Å². The van der Waals surface area contributed by atoms with Crippen LogP contribution in [0.25, 0.3) is 11.5 Å². The first kappa shape index (κ1) is 14.2. The van der Waals surface area contributed by atoms with Crippen LogP contribution in [0, 0.1) is 5.92 Å². The molecule has 4 nitrogen and oxygen atoms in total. The Balaban J connectivity index is 2.23. The fourth-order valence-corrected chi connectivity index (χ4v) is 2.09. The molecule has 2 N–H and O–H groups in total. The molecule has 0 radical (unpaired) electrons. The lowest BCUT2D eigenvalue weighted by Crippen LogP contribution is -1.94. The molecule has 1 heterocycles. The smallest absolute Gasteiger partial charge is 0.258 e. The van der Waals surface area contributed by atoms with Gasteiger partial charge in [-0.3, -0.25) is 0 Å². The molecule has 6 heteroatoms. The highest BCUT2D eigenvalue weighted by atomic mass is 35.5. The number of halogens is 2. The van der Waals surface area contributed by atoms with Crippen LogP contribution in [-0.4, -0.2) is 10.1 Å². The van der Waals surface area contributed by atoms with Crippen LogP contribution in [0.2, 0.25) is 10.0 Å². The summed E-state index contributed by atoms with van der Waals surface area (Å²) < 4.78 is 5.21. The first-order chi connectivity index (χ1) is 8.97. The number of anilines is 1. The molecule has 0 atom stereocenters. The van der Waals surface area contributed by atoms with E-state index in [0.717, 1.165) is 12.8 Å². The molecule has 0 saturated heterocycles. The number of hydrogen-bond acceptors (Lipinski definition) is 4. The third-order valence-corrected chi connectivity index (χ3v) is 3.36. The second-order valence-corrected chi connectivity index (χ2v) is 5.62. The molecule has 19 heavy (non-hydrogen) atoms. The van der Waals surface area contributed by atoms with Crippen molar-refractivity contribution in [3.05, 3.63) is 28.0 Å². The Bertz CT molecular complexity index is 558. The molecule has 0 amide bonds. The predicted molar refractivity (Wildman–Crippen MR) is 77.3 cm³/mol. The lowest BCUT2D eigenvalue weighted by Gasteiger charge is -2.02. The van der Waals surface area contributed by atoms with Crippen molar-refractivity contribution in [2.75, 3.05) is 5.73 Å². The van der Waals surface area contributed by atoms with Crippen LogP contribution in [0.5, 0.6) is 0 Å². The van der Waals surface area contributed by atoms with Gasteiger partial charge in [0.1, 0.15) is 0 Å². The van der Waals surface area contributed by atoms with Crippen LogP contribution >= 0.6 is 23.2 Å². The van der Waals surface area contributed by atoms with Crippen molar-refractivity contribution in [1.82, 2.24) is 10.1 Å². The van der Waals surface area contributed by atoms with Gasteiger partial charge in [0.25, 0.3) is 5.89 Å². The van der Waals surface area contributed by atoms with Gasteiger partial charge < -0.3 is 10.3 Å². The van der Waals surface area contributed by atoms with Gasteiger partial charge in [-0.05, 0) is 24.5 Å². The zero-order valence-corrected chi connectivity index (χ0v) is 12.3. The van der Waals surface area contributed by atoms with Crippen LogP contribution in [-0.2, 0) is 6.42 Å². The summed E-state index contributed by atoms with van der Waals surface area (Å²) in [5, 5.41) is 4.70. The molecular formula is C13H15Cl2N3O. The summed E-state index contributed by atoms with van der Waals surface area (Å²) >= 11 is 12.0. The van der Waals surface area contributed by atoms with Gasteiger partial charge in [0.05, 0.1) is 15.7 Å². The molecule has 0 aliphatic heterocycles. The summed E-state index contributed by atoms with van der Waals surface area (Å²) in [6.45, 7) is 4.31. The van der Waals surface area contributed by atoms with Gasteiger partial charge in [-0.1, -0.05) is 42.2 Å². The van der Waals surface area contributed by atoms with Crippen LogP contribution < -0.4 is 5.73 Å². The Labute approximate surface area is 121 Å².